The summed E-state index contributed by atoms with van der Waals surface area (Å²) in [6, 6.07) is 11.2. The average molecular weight is 519 g/mol. The highest BCUT2D eigenvalue weighted by atomic mass is 35.5. The Kier molecular flexibility index (Phi) is 7.37. The maximum absolute atomic E-state index is 13.5. The number of nitrogens with zero attached hydrogens (tertiary/aromatic N) is 4. The van der Waals surface area contributed by atoms with Crippen molar-refractivity contribution in [2.24, 2.45) is 0 Å². The van der Waals surface area contributed by atoms with Gasteiger partial charge in [0.05, 0.1) is 24.2 Å². The van der Waals surface area contributed by atoms with Gasteiger partial charge in [0.2, 0.25) is 0 Å². The molecule has 192 valence electrons. The van der Waals surface area contributed by atoms with Gasteiger partial charge < -0.3 is 9.47 Å². The highest BCUT2D eigenvalue weighted by molar-refractivity contribution is 6.31. The van der Waals surface area contributed by atoms with Crippen LogP contribution < -0.4 is 15.0 Å². The van der Waals surface area contributed by atoms with Gasteiger partial charge in [0.25, 0.3) is 5.56 Å². The van der Waals surface area contributed by atoms with Crippen LogP contribution in [0.3, 0.4) is 0 Å². The minimum absolute atomic E-state index is 0.0134. The number of aryl methyl sites for hydroxylation is 3. The lowest BCUT2D eigenvalue weighted by Gasteiger charge is -2.19. The van der Waals surface area contributed by atoms with Gasteiger partial charge in [-0.05, 0) is 55.7 Å². The van der Waals surface area contributed by atoms with Gasteiger partial charge in [-0.3, -0.25) is 14.3 Å². The summed E-state index contributed by atoms with van der Waals surface area (Å²) in [4.78, 5) is 27.4. The van der Waals surface area contributed by atoms with Gasteiger partial charge in [0.15, 0.2) is 0 Å². The van der Waals surface area contributed by atoms with Gasteiger partial charge in [-0.15, -0.1) is 0 Å². The molecule has 8 heteroatoms. The zero-order valence-electron chi connectivity index (χ0n) is 22.2. The lowest BCUT2D eigenvalue weighted by atomic mass is 9.95. The predicted molar refractivity (Wildman–Crippen MR) is 146 cm³/mol. The molecule has 0 atom stereocenters. The summed E-state index contributed by atoms with van der Waals surface area (Å²) in [6.07, 6.45) is 3.56. The van der Waals surface area contributed by atoms with E-state index >= 15 is 0 Å². The Bertz CT molecular complexity index is 1520. The maximum Gasteiger partial charge on any atom is 0.277 e. The molecule has 0 aliphatic heterocycles. The van der Waals surface area contributed by atoms with Crippen LogP contribution >= 0.6 is 11.6 Å². The van der Waals surface area contributed by atoms with E-state index in [2.05, 4.69) is 30.7 Å². The minimum Gasteiger partial charge on any atom is -0.497 e. The van der Waals surface area contributed by atoms with Crippen LogP contribution in [0.5, 0.6) is 11.5 Å². The third-order valence-electron chi connectivity index (χ3n) is 6.03. The van der Waals surface area contributed by atoms with Gasteiger partial charge in [-0.2, -0.15) is 0 Å². The number of halogens is 1. The summed E-state index contributed by atoms with van der Waals surface area (Å²) >= 11 is 6.53. The minimum atomic E-state index is -0.364. The summed E-state index contributed by atoms with van der Waals surface area (Å²) in [6.45, 7) is 12.2. The van der Waals surface area contributed by atoms with E-state index in [4.69, 9.17) is 26.1 Å². The normalized spacial score (nSPS) is 11.5. The van der Waals surface area contributed by atoms with E-state index in [1.165, 1.54) is 0 Å². The van der Waals surface area contributed by atoms with Crippen molar-refractivity contribution in [3.8, 4) is 28.6 Å². The third kappa shape index (κ3) is 5.52. The quantitative estimate of drug-likeness (QED) is 0.304. The molecule has 0 fully saturated rings. The highest BCUT2D eigenvalue weighted by Crippen LogP contribution is 2.29. The smallest absolute Gasteiger partial charge is 0.277 e. The SMILES string of the molecule is COc1cccc(COc2cc(C)n(-c3cc(-c4nc(C(C)(C)C)ncc4C)ncc3C)c(=O)c2Cl)c1. The standard InChI is InChI=1S/C29H31ClN4O3/c1-17-14-31-22(26-18(2)15-32-28(33-26)29(4,5)6)13-23(17)34-19(3)11-24(25(30)27(34)35)37-16-20-9-8-10-21(12-20)36-7/h8-15H,16H2,1-7H3. The fraction of sp³-hybridized carbons (Fsp3) is 0.310. The first kappa shape index (κ1) is 26.4. The molecule has 0 spiro atoms. The zero-order chi connectivity index (χ0) is 26.9. The molecule has 0 radical (unpaired) electrons. The van der Waals surface area contributed by atoms with Crippen molar-refractivity contribution in [2.45, 2.75) is 53.6 Å². The summed E-state index contributed by atoms with van der Waals surface area (Å²) in [5.41, 5.74) is 4.82. The van der Waals surface area contributed by atoms with Crippen molar-refractivity contribution in [3.05, 3.63) is 92.4 Å². The Morgan fingerprint density at radius 3 is 2.43 bits per heavy atom. The molecule has 0 saturated carbocycles. The van der Waals surface area contributed by atoms with Crippen LogP contribution in [-0.2, 0) is 12.0 Å². The summed E-state index contributed by atoms with van der Waals surface area (Å²) in [5, 5.41) is 0.0134. The van der Waals surface area contributed by atoms with Crippen LogP contribution in [0.25, 0.3) is 17.1 Å². The Morgan fingerprint density at radius 1 is 1.00 bits per heavy atom. The molecule has 0 unspecified atom stereocenters. The number of methoxy groups -OCH3 is 1. The van der Waals surface area contributed by atoms with Gasteiger partial charge in [-0.1, -0.05) is 44.5 Å². The van der Waals surface area contributed by atoms with Crippen LogP contribution in [0.2, 0.25) is 5.02 Å². The monoisotopic (exact) mass is 518 g/mol. The molecule has 4 rings (SSSR count). The first-order valence-electron chi connectivity index (χ1n) is 12.0. The van der Waals surface area contributed by atoms with Crippen molar-refractivity contribution in [2.75, 3.05) is 7.11 Å². The lowest BCUT2D eigenvalue weighted by Crippen LogP contribution is -2.23. The van der Waals surface area contributed by atoms with E-state index in [0.29, 0.717) is 22.8 Å². The number of hydrogen-bond donors (Lipinski definition) is 0. The van der Waals surface area contributed by atoms with Crippen molar-refractivity contribution in [3.63, 3.8) is 0 Å². The second kappa shape index (κ2) is 10.3. The van der Waals surface area contributed by atoms with Gasteiger partial charge in [-0.25, -0.2) is 9.97 Å². The molecular weight excluding hydrogens is 488 g/mol. The fourth-order valence-electron chi connectivity index (χ4n) is 3.96. The summed E-state index contributed by atoms with van der Waals surface area (Å²) < 4.78 is 12.8. The van der Waals surface area contributed by atoms with E-state index in [9.17, 15) is 4.79 Å². The number of aromatic nitrogens is 4. The molecular formula is C29H31ClN4O3. The van der Waals surface area contributed by atoms with E-state index < -0.39 is 0 Å². The van der Waals surface area contributed by atoms with E-state index in [0.717, 1.165) is 34.0 Å². The first-order chi connectivity index (χ1) is 17.5. The number of hydrogen-bond acceptors (Lipinski definition) is 6. The number of benzene rings is 1. The van der Waals surface area contributed by atoms with Crippen LogP contribution in [0.15, 0.2) is 53.6 Å². The summed E-state index contributed by atoms with van der Waals surface area (Å²) in [5.74, 6) is 1.79. The largest absolute Gasteiger partial charge is 0.497 e. The molecule has 0 amide bonds. The van der Waals surface area contributed by atoms with Gasteiger partial charge >= 0.3 is 0 Å². The Labute approximate surface area is 222 Å². The van der Waals surface area contributed by atoms with Crippen LogP contribution in [0, 0.1) is 20.8 Å². The second-order valence-corrected chi connectivity index (χ2v) is 10.5. The van der Waals surface area contributed by atoms with Crippen molar-refractivity contribution < 1.29 is 9.47 Å². The number of rotatable bonds is 6. The van der Waals surface area contributed by atoms with Crippen molar-refractivity contribution >= 4 is 11.6 Å². The molecule has 0 aliphatic carbocycles. The van der Waals surface area contributed by atoms with Crippen LogP contribution in [0.1, 0.15) is 49.0 Å². The lowest BCUT2D eigenvalue weighted by molar-refractivity contribution is 0.304. The predicted octanol–water partition coefficient (Wildman–Crippen LogP) is 6.15. The topological polar surface area (TPSA) is 79.1 Å². The molecule has 0 N–H and O–H groups in total. The molecule has 3 heterocycles. The van der Waals surface area contributed by atoms with E-state index in [1.54, 1.807) is 23.9 Å². The Hall–Kier alpha value is -3.71. The Morgan fingerprint density at radius 2 is 1.73 bits per heavy atom. The molecule has 3 aromatic heterocycles. The van der Waals surface area contributed by atoms with Gasteiger partial charge in [0.1, 0.15) is 29.0 Å². The molecule has 0 bridgehead atoms. The van der Waals surface area contributed by atoms with Crippen molar-refractivity contribution in [1.82, 2.24) is 19.5 Å². The summed E-state index contributed by atoms with van der Waals surface area (Å²) in [7, 11) is 1.61. The average Bonchev–Trinajstić information content (AvgIpc) is 2.86. The Balaban J connectivity index is 1.73. The van der Waals surface area contributed by atoms with Crippen LogP contribution in [-0.4, -0.2) is 26.6 Å². The molecule has 37 heavy (non-hydrogen) atoms. The second-order valence-electron chi connectivity index (χ2n) is 10.1. The molecule has 1 aromatic carbocycles. The van der Waals surface area contributed by atoms with Crippen molar-refractivity contribution in [1.29, 1.82) is 0 Å². The zero-order valence-corrected chi connectivity index (χ0v) is 23.0. The number of ether oxygens (including phenoxy) is 2. The highest BCUT2D eigenvalue weighted by Gasteiger charge is 2.21. The molecule has 4 aromatic rings. The maximum atomic E-state index is 13.5. The third-order valence-corrected chi connectivity index (χ3v) is 6.38. The van der Waals surface area contributed by atoms with Crippen LogP contribution in [0.4, 0.5) is 0 Å². The molecule has 0 saturated heterocycles. The van der Waals surface area contributed by atoms with Gasteiger partial charge in [0, 0.05) is 29.6 Å². The first-order valence-corrected chi connectivity index (χ1v) is 12.4. The van der Waals surface area contributed by atoms with E-state index in [1.807, 2.05) is 57.3 Å². The molecule has 7 nitrogen and oxygen atoms in total. The van der Waals surface area contributed by atoms with E-state index in [-0.39, 0.29) is 22.6 Å². The fourth-order valence-corrected chi connectivity index (χ4v) is 4.15. The molecule has 0 aliphatic rings. The number of pyridine rings is 2.